The van der Waals surface area contributed by atoms with Crippen molar-refractivity contribution < 1.29 is 4.92 Å². The first-order valence-electron chi connectivity index (χ1n) is 8.63. The van der Waals surface area contributed by atoms with Crippen molar-refractivity contribution in [1.82, 2.24) is 0 Å². The molecule has 0 bridgehead atoms. The molecule has 126 valence electrons. The second kappa shape index (κ2) is 5.82. The molecule has 0 atom stereocenters. The van der Waals surface area contributed by atoms with Crippen molar-refractivity contribution in [2.75, 3.05) is 0 Å². The summed E-state index contributed by atoms with van der Waals surface area (Å²) >= 11 is 0. The molecule has 5 aromatic rings. The topological polar surface area (TPSA) is 43.1 Å². The van der Waals surface area contributed by atoms with Crippen LogP contribution in [-0.4, -0.2) is 4.92 Å². The number of benzene rings is 5. The van der Waals surface area contributed by atoms with Gasteiger partial charge in [0.1, 0.15) is 4.92 Å². The van der Waals surface area contributed by atoms with Crippen LogP contribution >= 0.6 is 0 Å². The molecule has 0 heterocycles. The maximum absolute atomic E-state index is 10.9. The zero-order valence-electron chi connectivity index (χ0n) is 14.3. The van der Waals surface area contributed by atoms with Crippen LogP contribution in [0, 0.1) is 22.1 Å². The van der Waals surface area contributed by atoms with E-state index in [4.69, 9.17) is 0 Å². The zero-order valence-corrected chi connectivity index (χ0v) is 14.3. The molecule has 0 unspecified atom stereocenters. The van der Waals surface area contributed by atoms with Gasteiger partial charge in [0.15, 0.2) is 0 Å². The fraction of sp³-hybridized carbons (Fsp3) is 0. The molecule has 5 aromatic carbocycles. The summed E-state index contributed by atoms with van der Waals surface area (Å²) in [7, 11) is 0. The lowest BCUT2D eigenvalue weighted by atomic mass is 9.93. The molecule has 0 aliphatic heterocycles. The first-order chi connectivity index (χ1) is 13.2. The van der Waals surface area contributed by atoms with Crippen molar-refractivity contribution >= 4 is 43.1 Å². The molecule has 27 heavy (non-hydrogen) atoms. The highest BCUT2D eigenvalue weighted by atomic mass is 16.6. The minimum absolute atomic E-state index is 0.591. The number of hydrogen-bond donors (Lipinski definition) is 0. The summed E-state index contributed by atoms with van der Waals surface area (Å²) in [6.07, 6.45) is 0. The third kappa shape index (κ3) is 2.56. The van der Waals surface area contributed by atoms with Crippen LogP contribution in [0.4, 0.5) is 0 Å². The number of nitro groups is 1. The fourth-order valence-electron chi connectivity index (χ4n) is 3.74. The quantitative estimate of drug-likeness (QED) is 0.115. The van der Waals surface area contributed by atoms with Gasteiger partial charge in [-0.15, -0.1) is 0 Å². The van der Waals surface area contributed by atoms with E-state index in [1.165, 1.54) is 0 Å². The summed E-state index contributed by atoms with van der Waals surface area (Å²) in [5, 5.41) is 19.3. The lowest BCUT2D eigenvalue weighted by Crippen LogP contribution is -1.89. The summed E-state index contributed by atoms with van der Waals surface area (Å²) in [5.41, 5.74) is 0.704. The van der Waals surface area contributed by atoms with Gasteiger partial charge in [-0.1, -0.05) is 48.5 Å². The van der Waals surface area contributed by atoms with Crippen LogP contribution < -0.4 is 0 Å². The highest BCUT2D eigenvalue weighted by molar-refractivity contribution is 6.12. The summed E-state index contributed by atoms with van der Waals surface area (Å²) < 4.78 is 0. The van der Waals surface area contributed by atoms with Crippen molar-refractivity contribution in [2.24, 2.45) is 0 Å². The van der Waals surface area contributed by atoms with Crippen LogP contribution in [0.25, 0.3) is 43.1 Å². The number of rotatable bonds is 0. The largest absolute Gasteiger partial charge is 0.295 e. The van der Waals surface area contributed by atoms with Crippen LogP contribution in [-0.2, 0) is 0 Å². The van der Waals surface area contributed by atoms with Gasteiger partial charge in [-0.2, -0.15) is 0 Å². The minimum atomic E-state index is -0.591. The third-order valence-electron chi connectivity index (χ3n) is 4.96. The molecule has 3 nitrogen and oxygen atoms in total. The van der Waals surface area contributed by atoms with Gasteiger partial charge in [0.25, 0.3) is 6.04 Å². The lowest BCUT2D eigenvalue weighted by molar-refractivity contribution is -0.379. The van der Waals surface area contributed by atoms with E-state index in [1.54, 1.807) is 0 Å². The van der Waals surface area contributed by atoms with E-state index in [2.05, 4.69) is 54.4 Å². The highest BCUT2D eigenvalue weighted by Gasteiger charge is 2.10. The molecule has 5 rings (SSSR count). The second-order valence-corrected chi connectivity index (χ2v) is 6.59. The van der Waals surface area contributed by atoms with E-state index in [0.29, 0.717) is 5.56 Å². The molecule has 0 radical (unpaired) electrons. The van der Waals surface area contributed by atoms with Gasteiger partial charge < -0.3 is 0 Å². The van der Waals surface area contributed by atoms with E-state index in [0.717, 1.165) is 43.1 Å². The molecular weight excluding hydrogens is 334 g/mol. The molecule has 3 heteroatoms. The summed E-state index contributed by atoms with van der Waals surface area (Å²) in [6, 6.07) is 28.9. The molecule has 0 aromatic heterocycles. The molecule has 0 aliphatic carbocycles. The third-order valence-corrected chi connectivity index (χ3v) is 4.96. The number of nitrogens with zero attached hydrogens (tertiary/aromatic N) is 1. The van der Waals surface area contributed by atoms with Gasteiger partial charge in [0.2, 0.25) is 0 Å². The Labute approximate surface area is 155 Å². The molecule has 0 amide bonds. The Bertz CT molecular complexity index is 1360. The average Bonchev–Trinajstić information content (AvgIpc) is 2.68. The Morgan fingerprint density at radius 3 is 1.48 bits per heavy atom. The Hall–Kier alpha value is -3.90. The van der Waals surface area contributed by atoms with Crippen LogP contribution in [0.2, 0.25) is 0 Å². The molecule has 0 spiro atoms. The average molecular weight is 347 g/mol. The Morgan fingerprint density at radius 1 is 0.630 bits per heavy atom. The molecule has 0 saturated carbocycles. The smallest absolute Gasteiger partial charge is 0.249 e. The predicted molar refractivity (Wildman–Crippen MR) is 110 cm³/mol. The molecule has 0 N–H and O–H groups in total. The first kappa shape index (κ1) is 15.4. The normalized spacial score (nSPS) is 11.0. The van der Waals surface area contributed by atoms with Crippen LogP contribution in [0.1, 0.15) is 5.56 Å². The Balaban J connectivity index is 1.99. The van der Waals surface area contributed by atoms with E-state index in [-0.39, 0.29) is 0 Å². The van der Waals surface area contributed by atoms with Crippen molar-refractivity contribution in [3.05, 3.63) is 94.5 Å². The van der Waals surface area contributed by atoms with E-state index in [9.17, 15) is 10.1 Å². The van der Waals surface area contributed by atoms with Crippen LogP contribution in [0.15, 0.2) is 78.9 Å². The monoisotopic (exact) mass is 347 g/mol. The van der Waals surface area contributed by atoms with Gasteiger partial charge in [0.05, 0.1) is 0 Å². The van der Waals surface area contributed by atoms with Gasteiger partial charge in [-0.05, 0) is 73.4 Å². The fourth-order valence-corrected chi connectivity index (χ4v) is 3.74. The van der Waals surface area contributed by atoms with Crippen LogP contribution in [0.3, 0.4) is 0 Å². The van der Waals surface area contributed by atoms with Gasteiger partial charge in [-0.25, -0.2) is 10.1 Å². The van der Waals surface area contributed by atoms with E-state index < -0.39 is 4.92 Å². The van der Waals surface area contributed by atoms with Crippen molar-refractivity contribution in [3.63, 3.8) is 0 Å². The standard InChI is InChI=1S/C24H13NO2/c26-25(27)10-9-22-23-14-18-7-3-1-5-16(18)11-20(23)13-21-12-17-6-2-4-8-19(17)15-24(21)22/h1-8,11-15H. The Kier molecular flexibility index (Phi) is 3.31. The maximum Gasteiger partial charge on any atom is 0.295 e. The SMILES string of the molecule is O=[N+]([O-])C#Cc1c2cc3ccccc3cc2cc2cc3ccccc3cc12. The molecular formula is C24H13NO2. The lowest BCUT2D eigenvalue weighted by Gasteiger charge is -2.10. The first-order valence-corrected chi connectivity index (χ1v) is 8.63. The second-order valence-electron chi connectivity index (χ2n) is 6.59. The summed E-state index contributed by atoms with van der Waals surface area (Å²) in [6.45, 7) is 0. The maximum atomic E-state index is 10.9. The number of fused-ring (bicyclic) bond motifs is 4. The summed E-state index contributed by atoms with van der Waals surface area (Å²) in [4.78, 5) is 10.3. The molecule has 0 aliphatic rings. The van der Waals surface area contributed by atoms with E-state index >= 15 is 0 Å². The van der Waals surface area contributed by atoms with Crippen molar-refractivity contribution in [3.8, 4) is 12.0 Å². The van der Waals surface area contributed by atoms with Crippen LogP contribution in [0.5, 0.6) is 0 Å². The van der Waals surface area contributed by atoms with Gasteiger partial charge in [-0.3, -0.25) is 0 Å². The predicted octanol–water partition coefficient (Wildman–Crippen LogP) is 5.89. The number of hydrogen-bond acceptors (Lipinski definition) is 2. The zero-order chi connectivity index (χ0) is 18.4. The minimum Gasteiger partial charge on any atom is -0.249 e. The van der Waals surface area contributed by atoms with Crippen molar-refractivity contribution in [1.29, 1.82) is 0 Å². The Morgan fingerprint density at radius 2 is 1.04 bits per heavy atom. The summed E-state index contributed by atoms with van der Waals surface area (Å²) in [5.74, 6) is 2.81. The molecule has 0 fully saturated rings. The van der Waals surface area contributed by atoms with E-state index in [1.807, 2.05) is 36.4 Å². The highest BCUT2D eigenvalue weighted by Crippen LogP contribution is 2.33. The van der Waals surface area contributed by atoms with Crippen molar-refractivity contribution in [2.45, 2.75) is 0 Å². The molecule has 0 saturated heterocycles. The van der Waals surface area contributed by atoms with Gasteiger partial charge in [0, 0.05) is 11.5 Å². The van der Waals surface area contributed by atoms with Gasteiger partial charge >= 0.3 is 0 Å².